The van der Waals surface area contributed by atoms with Crippen LogP contribution in [0.5, 0.6) is 11.5 Å². The third-order valence-electron chi connectivity index (χ3n) is 2.18. The molecule has 5 heteroatoms. The molecular weight excluding hydrogens is 274 g/mol. The fraction of sp³-hybridized carbons (Fsp3) is 0.364. The van der Waals surface area contributed by atoms with E-state index in [1.165, 1.54) is 0 Å². The first-order valence-corrected chi connectivity index (χ1v) is 5.41. The van der Waals surface area contributed by atoms with Gasteiger partial charge in [0.05, 0.1) is 20.3 Å². The third kappa shape index (κ3) is 2.62. The summed E-state index contributed by atoms with van der Waals surface area (Å²) in [5.41, 5.74) is 0.798. The van der Waals surface area contributed by atoms with Crippen molar-refractivity contribution in [1.29, 1.82) is 0 Å². The van der Waals surface area contributed by atoms with Crippen LogP contribution < -0.4 is 9.47 Å². The lowest BCUT2D eigenvalue weighted by Crippen LogP contribution is -1.98. The van der Waals surface area contributed by atoms with Crippen molar-refractivity contribution in [2.45, 2.75) is 13.0 Å². The van der Waals surface area contributed by atoms with Crippen molar-refractivity contribution in [1.82, 2.24) is 0 Å². The van der Waals surface area contributed by atoms with Crippen LogP contribution >= 0.6 is 15.9 Å². The van der Waals surface area contributed by atoms with Gasteiger partial charge in [0, 0.05) is 16.1 Å². The van der Waals surface area contributed by atoms with Crippen LogP contribution in [0.15, 0.2) is 21.6 Å². The van der Waals surface area contributed by atoms with Crippen LogP contribution in [0.4, 0.5) is 0 Å². The van der Waals surface area contributed by atoms with E-state index in [9.17, 15) is 4.79 Å². The van der Waals surface area contributed by atoms with Crippen LogP contribution in [0, 0.1) is 0 Å². The summed E-state index contributed by atoms with van der Waals surface area (Å²) in [6.45, 7) is 1.79. The fourth-order valence-electron chi connectivity index (χ4n) is 1.40. The minimum atomic E-state index is -0.312. The van der Waals surface area contributed by atoms with Crippen molar-refractivity contribution in [2.24, 2.45) is 4.99 Å². The molecular formula is C11H12BrNO3. The molecule has 0 aliphatic heterocycles. The number of ether oxygens (including phenoxy) is 2. The smallest absolute Gasteiger partial charge is 0.235 e. The molecule has 0 saturated carbocycles. The maximum absolute atomic E-state index is 10.3. The van der Waals surface area contributed by atoms with Crippen LogP contribution in [-0.2, 0) is 4.79 Å². The Hall–Kier alpha value is -1.32. The standard InChI is InChI=1S/C11H12BrNO3/c1-7(13-6-14)11-9(12)4-8(15-2)5-10(11)16-3/h4-5,7H,1-3H3. The highest BCUT2D eigenvalue weighted by Gasteiger charge is 2.16. The summed E-state index contributed by atoms with van der Waals surface area (Å²) in [5.74, 6) is 1.30. The number of benzene rings is 1. The molecule has 1 unspecified atom stereocenters. The molecule has 1 rings (SSSR count). The number of nitrogens with zero attached hydrogens (tertiary/aromatic N) is 1. The van der Waals surface area contributed by atoms with E-state index in [0.717, 1.165) is 10.0 Å². The van der Waals surface area contributed by atoms with Gasteiger partial charge >= 0.3 is 0 Å². The van der Waals surface area contributed by atoms with Gasteiger partial charge in [-0.15, -0.1) is 0 Å². The van der Waals surface area contributed by atoms with E-state index in [2.05, 4.69) is 20.9 Å². The molecule has 86 valence electrons. The molecule has 0 fully saturated rings. The number of halogens is 1. The monoisotopic (exact) mass is 285 g/mol. The summed E-state index contributed by atoms with van der Waals surface area (Å²) in [6, 6.07) is 3.23. The lowest BCUT2D eigenvalue weighted by atomic mass is 10.1. The van der Waals surface area contributed by atoms with E-state index in [4.69, 9.17) is 9.47 Å². The first-order valence-electron chi connectivity index (χ1n) is 4.62. The second kappa shape index (κ2) is 5.68. The Balaban J connectivity index is 3.31. The van der Waals surface area contributed by atoms with Crippen molar-refractivity contribution in [3.05, 3.63) is 22.2 Å². The van der Waals surface area contributed by atoms with Crippen LogP contribution in [0.25, 0.3) is 0 Å². The van der Waals surface area contributed by atoms with E-state index in [1.807, 2.05) is 0 Å². The van der Waals surface area contributed by atoms with Gasteiger partial charge in [-0.3, -0.25) is 0 Å². The van der Waals surface area contributed by atoms with E-state index < -0.39 is 0 Å². The molecule has 16 heavy (non-hydrogen) atoms. The molecule has 0 amide bonds. The topological polar surface area (TPSA) is 47.9 Å². The number of methoxy groups -OCH3 is 2. The summed E-state index contributed by atoms with van der Waals surface area (Å²) < 4.78 is 11.1. The minimum absolute atomic E-state index is 0.312. The molecule has 0 radical (unpaired) electrons. The Morgan fingerprint density at radius 2 is 2.06 bits per heavy atom. The molecule has 1 aromatic carbocycles. The maximum atomic E-state index is 10.3. The van der Waals surface area contributed by atoms with Crippen LogP contribution in [0.3, 0.4) is 0 Å². The highest BCUT2D eigenvalue weighted by Crippen LogP contribution is 2.37. The average molecular weight is 286 g/mol. The van der Waals surface area contributed by atoms with Gasteiger partial charge in [-0.2, -0.15) is 4.99 Å². The molecule has 0 aromatic heterocycles. The van der Waals surface area contributed by atoms with Crippen LogP contribution in [-0.4, -0.2) is 20.3 Å². The Morgan fingerprint density at radius 1 is 1.38 bits per heavy atom. The molecule has 0 aliphatic carbocycles. The SMILES string of the molecule is COc1cc(Br)c(C(C)N=C=O)c(OC)c1. The number of aliphatic imine (C=N–C) groups is 1. The molecule has 1 atom stereocenters. The van der Waals surface area contributed by atoms with Gasteiger partial charge in [-0.1, -0.05) is 15.9 Å². The first kappa shape index (κ1) is 12.7. The average Bonchev–Trinajstić information content (AvgIpc) is 2.27. The molecule has 1 aromatic rings. The third-order valence-corrected chi connectivity index (χ3v) is 2.84. The second-order valence-electron chi connectivity index (χ2n) is 3.12. The highest BCUT2D eigenvalue weighted by atomic mass is 79.9. The summed E-state index contributed by atoms with van der Waals surface area (Å²) in [4.78, 5) is 13.9. The Morgan fingerprint density at radius 3 is 2.56 bits per heavy atom. The number of rotatable bonds is 4. The number of carbonyl (C=O) groups excluding carboxylic acids is 1. The molecule has 0 heterocycles. The first-order chi connectivity index (χ1) is 7.63. The van der Waals surface area contributed by atoms with Gasteiger partial charge in [-0.05, 0) is 13.0 Å². The largest absolute Gasteiger partial charge is 0.497 e. The zero-order valence-electron chi connectivity index (χ0n) is 9.28. The minimum Gasteiger partial charge on any atom is -0.497 e. The van der Waals surface area contributed by atoms with Crippen molar-refractivity contribution >= 4 is 22.0 Å². The molecule has 4 nitrogen and oxygen atoms in total. The zero-order chi connectivity index (χ0) is 12.1. The molecule has 0 N–H and O–H groups in total. The Labute approximate surface area is 102 Å². The van der Waals surface area contributed by atoms with Crippen molar-refractivity contribution in [3.8, 4) is 11.5 Å². The van der Waals surface area contributed by atoms with E-state index >= 15 is 0 Å². The Bertz CT molecular complexity index is 427. The lowest BCUT2D eigenvalue weighted by Gasteiger charge is -2.14. The lowest BCUT2D eigenvalue weighted by molar-refractivity contribution is 0.388. The molecule has 0 saturated heterocycles. The van der Waals surface area contributed by atoms with Crippen molar-refractivity contribution in [3.63, 3.8) is 0 Å². The molecule has 0 spiro atoms. The highest BCUT2D eigenvalue weighted by molar-refractivity contribution is 9.10. The zero-order valence-corrected chi connectivity index (χ0v) is 10.9. The summed E-state index contributed by atoms with van der Waals surface area (Å²) in [7, 11) is 3.13. The predicted molar refractivity (Wildman–Crippen MR) is 63.8 cm³/mol. The van der Waals surface area contributed by atoms with Gasteiger partial charge < -0.3 is 9.47 Å². The second-order valence-corrected chi connectivity index (χ2v) is 3.98. The van der Waals surface area contributed by atoms with Gasteiger partial charge in [-0.25, -0.2) is 4.79 Å². The quantitative estimate of drug-likeness (QED) is 0.631. The summed E-state index contributed by atoms with van der Waals surface area (Å²) in [5, 5.41) is 0. The van der Waals surface area contributed by atoms with Crippen molar-refractivity contribution < 1.29 is 14.3 Å². The van der Waals surface area contributed by atoms with Gasteiger partial charge in [0.1, 0.15) is 11.5 Å². The van der Waals surface area contributed by atoms with Gasteiger partial charge in [0.25, 0.3) is 0 Å². The van der Waals surface area contributed by atoms with Gasteiger partial charge in [0.2, 0.25) is 6.08 Å². The fourth-order valence-corrected chi connectivity index (χ4v) is 2.16. The number of hydrogen-bond acceptors (Lipinski definition) is 4. The molecule has 0 bridgehead atoms. The van der Waals surface area contributed by atoms with E-state index in [-0.39, 0.29) is 6.04 Å². The van der Waals surface area contributed by atoms with Crippen molar-refractivity contribution in [2.75, 3.05) is 14.2 Å². The van der Waals surface area contributed by atoms with E-state index in [1.54, 1.807) is 39.4 Å². The number of hydrogen-bond donors (Lipinski definition) is 0. The maximum Gasteiger partial charge on any atom is 0.235 e. The number of isocyanates is 1. The van der Waals surface area contributed by atoms with E-state index in [0.29, 0.717) is 11.5 Å². The normalized spacial score (nSPS) is 11.5. The predicted octanol–water partition coefficient (Wildman–Crippen LogP) is 2.86. The Kier molecular flexibility index (Phi) is 4.52. The van der Waals surface area contributed by atoms with Crippen LogP contribution in [0.2, 0.25) is 0 Å². The summed E-state index contributed by atoms with van der Waals surface area (Å²) >= 11 is 3.40. The molecule has 0 aliphatic rings. The van der Waals surface area contributed by atoms with Gasteiger partial charge in [0.15, 0.2) is 0 Å². The van der Waals surface area contributed by atoms with Crippen LogP contribution in [0.1, 0.15) is 18.5 Å². The summed E-state index contributed by atoms with van der Waals surface area (Å²) in [6.07, 6.45) is 1.54.